The van der Waals surface area contributed by atoms with Crippen molar-refractivity contribution in [2.75, 3.05) is 31.2 Å². The Labute approximate surface area is 99.6 Å². The van der Waals surface area contributed by atoms with E-state index in [0.717, 1.165) is 37.9 Å². The fraction of sp³-hybridized carbons (Fsp3) is 0.636. The standard InChI is InChI=1S/C11H14ClN3O/c12-10-7-9(8-1-2-8)13-11(14-10)15-3-5-16-6-4-15/h7-8H,1-6H2. The first-order valence-electron chi connectivity index (χ1n) is 5.70. The summed E-state index contributed by atoms with van der Waals surface area (Å²) < 4.78 is 5.31. The molecular formula is C11H14ClN3O. The van der Waals surface area contributed by atoms with E-state index in [9.17, 15) is 0 Å². The molecule has 1 aromatic rings. The lowest BCUT2D eigenvalue weighted by atomic mass is 10.3. The molecule has 0 aromatic carbocycles. The molecule has 0 atom stereocenters. The predicted molar refractivity (Wildman–Crippen MR) is 62.0 cm³/mol. The van der Waals surface area contributed by atoms with Crippen LogP contribution in [0.25, 0.3) is 0 Å². The number of aromatic nitrogens is 2. The molecule has 0 unspecified atom stereocenters. The van der Waals surface area contributed by atoms with E-state index >= 15 is 0 Å². The summed E-state index contributed by atoms with van der Waals surface area (Å²) in [6, 6.07) is 1.89. The maximum absolute atomic E-state index is 6.03. The SMILES string of the molecule is Clc1cc(C2CC2)nc(N2CCOCC2)n1. The van der Waals surface area contributed by atoms with Crippen molar-refractivity contribution in [1.82, 2.24) is 9.97 Å². The molecule has 1 aliphatic heterocycles. The van der Waals surface area contributed by atoms with Gasteiger partial charge in [0.2, 0.25) is 5.95 Å². The molecular weight excluding hydrogens is 226 g/mol. The number of hydrogen-bond donors (Lipinski definition) is 0. The van der Waals surface area contributed by atoms with Gasteiger partial charge in [-0.1, -0.05) is 11.6 Å². The van der Waals surface area contributed by atoms with Gasteiger partial charge in [-0.25, -0.2) is 9.97 Å². The van der Waals surface area contributed by atoms with Gasteiger partial charge in [0.25, 0.3) is 0 Å². The summed E-state index contributed by atoms with van der Waals surface area (Å²) >= 11 is 6.03. The predicted octanol–water partition coefficient (Wildman–Crippen LogP) is 1.84. The van der Waals surface area contributed by atoms with Crippen molar-refractivity contribution in [1.29, 1.82) is 0 Å². The van der Waals surface area contributed by atoms with E-state index in [4.69, 9.17) is 16.3 Å². The van der Waals surface area contributed by atoms with Crippen molar-refractivity contribution < 1.29 is 4.74 Å². The lowest BCUT2D eigenvalue weighted by Gasteiger charge is -2.27. The molecule has 4 nitrogen and oxygen atoms in total. The number of rotatable bonds is 2. The first-order valence-corrected chi connectivity index (χ1v) is 6.08. The largest absolute Gasteiger partial charge is 0.378 e. The smallest absolute Gasteiger partial charge is 0.227 e. The average molecular weight is 240 g/mol. The normalized spacial score (nSPS) is 21.2. The van der Waals surface area contributed by atoms with Crippen molar-refractivity contribution in [3.8, 4) is 0 Å². The van der Waals surface area contributed by atoms with Gasteiger partial charge >= 0.3 is 0 Å². The summed E-state index contributed by atoms with van der Waals surface area (Å²) in [4.78, 5) is 11.0. The number of halogens is 1. The van der Waals surface area contributed by atoms with Gasteiger partial charge < -0.3 is 9.64 Å². The van der Waals surface area contributed by atoms with E-state index < -0.39 is 0 Å². The molecule has 0 radical (unpaired) electrons. The molecule has 0 spiro atoms. The van der Waals surface area contributed by atoms with E-state index in [2.05, 4.69) is 14.9 Å². The zero-order valence-corrected chi connectivity index (χ0v) is 9.78. The highest BCUT2D eigenvalue weighted by Crippen LogP contribution is 2.40. The second-order valence-electron chi connectivity index (χ2n) is 4.29. The van der Waals surface area contributed by atoms with Crippen LogP contribution in [0, 0.1) is 0 Å². The van der Waals surface area contributed by atoms with Gasteiger partial charge in [0, 0.05) is 19.0 Å². The van der Waals surface area contributed by atoms with Crippen LogP contribution in [0.5, 0.6) is 0 Å². The molecule has 3 rings (SSSR count). The summed E-state index contributed by atoms with van der Waals surface area (Å²) in [6.07, 6.45) is 2.46. The number of morpholine rings is 1. The lowest BCUT2D eigenvalue weighted by Crippen LogP contribution is -2.37. The molecule has 0 bridgehead atoms. The minimum Gasteiger partial charge on any atom is -0.378 e. The van der Waals surface area contributed by atoms with Crippen LogP contribution in [0.3, 0.4) is 0 Å². The average Bonchev–Trinajstić information content (AvgIpc) is 3.13. The van der Waals surface area contributed by atoms with Crippen LogP contribution in [0.2, 0.25) is 5.15 Å². The summed E-state index contributed by atoms with van der Waals surface area (Å²) in [5.74, 6) is 1.37. The third-order valence-electron chi connectivity index (χ3n) is 2.99. The minimum atomic E-state index is 0.554. The molecule has 2 aliphatic rings. The summed E-state index contributed by atoms with van der Waals surface area (Å²) in [5.41, 5.74) is 1.10. The van der Waals surface area contributed by atoms with Crippen LogP contribution in [-0.4, -0.2) is 36.3 Å². The fourth-order valence-electron chi connectivity index (χ4n) is 1.92. The first-order chi connectivity index (χ1) is 7.83. The molecule has 0 amide bonds. The first kappa shape index (κ1) is 10.3. The monoisotopic (exact) mass is 239 g/mol. The Bertz CT molecular complexity index is 389. The van der Waals surface area contributed by atoms with E-state index in [1.165, 1.54) is 12.8 Å². The molecule has 1 aromatic heterocycles. The Balaban J connectivity index is 1.86. The van der Waals surface area contributed by atoms with Gasteiger partial charge in [-0.05, 0) is 18.9 Å². The number of nitrogens with zero attached hydrogens (tertiary/aromatic N) is 3. The van der Waals surface area contributed by atoms with E-state index in [1.807, 2.05) is 6.07 Å². The maximum atomic E-state index is 6.03. The molecule has 16 heavy (non-hydrogen) atoms. The molecule has 1 saturated carbocycles. The molecule has 5 heteroatoms. The van der Waals surface area contributed by atoms with Crippen LogP contribution >= 0.6 is 11.6 Å². The van der Waals surface area contributed by atoms with E-state index in [0.29, 0.717) is 11.1 Å². The Morgan fingerprint density at radius 2 is 2.00 bits per heavy atom. The fourth-order valence-corrected chi connectivity index (χ4v) is 2.10. The second-order valence-corrected chi connectivity index (χ2v) is 4.68. The second kappa shape index (κ2) is 4.18. The Morgan fingerprint density at radius 1 is 1.25 bits per heavy atom. The van der Waals surface area contributed by atoms with E-state index in [-0.39, 0.29) is 0 Å². The third kappa shape index (κ3) is 2.13. The summed E-state index contributed by atoms with van der Waals surface area (Å²) in [5, 5.41) is 0.554. The topological polar surface area (TPSA) is 38.2 Å². The van der Waals surface area contributed by atoms with Gasteiger partial charge in [0.1, 0.15) is 5.15 Å². The van der Waals surface area contributed by atoms with Crippen LogP contribution in [0.15, 0.2) is 6.07 Å². The van der Waals surface area contributed by atoms with Crippen molar-refractivity contribution in [3.63, 3.8) is 0 Å². The highest BCUT2D eigenvalue weighted by molar-refractivity contribution is 6.29. The van der Waals surface area contributed by atoms with Crippen LogP contribution in [0.4, 0.5) is 5.95 Å². The molecule has 0 N–H and O–H groups in total. The molecule has 2 fully saturated rings. The van der Waals surface area contributed by atoms with Crippen molar-refractivity contribution >= 4 is 17.5 Å². The lowest BCUT2D eigenvalue weighted by molar-refractivity contribution is 0.122. The molecule has 1 aliphatic carbocycles. The molecule has 1 saturated heterocycles. The summed E-state index contributed by atoms with van der Waals surface area (Å²) in [6.45, 7) is 3.19. The van der Waals surface area contributed by atoms with Crippen molar-refractivity contribution in [2.45, 2.75) is 18.8 Å². The molecule has 2 heterocycles. The van der Waals surface area contributed by atoms with Crippen LogP contribution in [-0.2, 0) is 4.74 Å². The highest BCUT2D eigenvalue weighted by Gasteiger charge is 2.27. The maximum Gasteiger partial charge on any atom is 0.227 e. The number of anilines is 1. The van der Waals surface area contributed by atoms with Gasteiger partial charge in [-0.3, -0.25) is 0 Å². The van der Waals surface area contributed by atoms with Crippen molar-refractivity contribution in [2.24, 2.45) is 0 Å². The summed E-state index contributed by atoms with van der Waals surface area (Å²) in [7, 11) is 0. The van der Waals surface area contributed by atoms with Gasteiger partial charge in [0.05, 0.1) is 18.9 Å². The quantitative estimate of drug-likeness (QED) is 0.739. The molecule has 86 valence electrons. The minimum absolute atomic E-state index is 0.554. The van der Waals surface area contributed by atoms with Gasteiger partial charge in [0.15, 0.2) is 0 Å². The van der Waals surface area contributed by atoms with Gasteiger partial charge in [-0.2, -0.15) is 0 Å². The zero-order valence-electron chi connectivity index (χ0n) is 9.03. The Hall–Kier alpha value is -0.870. The van der Waals surface area contributed by atoms with Crippen molar-refractivity contribution in [3.05, 3.63) is 16.9 Å². The Kier molecular flexibility index (Phi) is 2.69. The Morgan fingerprint density at radius 3 is 2.69 bits per heavy atom. The number of ether oxygens (including phenoxy) is 1. The van der Waals surface area contributed by atoms with Crippen LogP contribution < -0.4 is 4.90 Å². The number of hydrogen-bond acceptors (Lipinski definition) is 4. The van der Waals surface area contributed by atoms with Crippen LogP contribution in [0.1, 0.15) is 24.5 Å². The van der Waals surface area contributed by atoms with E-state index in [1.54, 1.807) is 0 Å². The third-order valence-corrected chi connectivity index (χ3v) is 3.19. The highest BCUT2D eigenvalue weighted by atomic mass is 35.5. The zero-order chi connectivity index (χ0) is 11.0. The van der Waals surface area contributed by atoms with Gasteiger partial charge in [-0.15, -0.1) is 0 Å².